The second-order valence-corrected chi connectivity index (χ2v) is 8.88. The summed E-state index contributed by atoms with van der Waals surface area (Å²) < 4.78 is 42.0. The molecular formula is C23H19FN4O3S. The van der Waals surface area contributed by atoms with Crippen LogP contribution >= 0.6 is 0 Å². The summed E-state index contributed by atoms with van der Waals surface area (Å²) in [6, 6.07) is 22.0. The lowest BCUT2D eigenvalue weighted by Gasteiger charge is -2.19. The van der Waals surface area contributed by atoms with Gasteiger partial charge < -0.3 is 5.32 Å². The Morgan fingerprint density at radius 3 is 2.47 bits per heavy atom. The predicted molar refractivity (Wildman–Crippen MR) is 120 cm³/mol. The summed E-state index contributed by atoms with van der Waals surface area (Å²) in [5.74, 6) is -0.936. The molecule has 0 fully saturated rings. The van der Waals surface area contributed by atoms with Gasteiger partial charge in [0.05, 0.1) is 16.3 Å². The van der Waals surface area contributed by atoms with E-state index in [0.717, 1.165) is 0 Å². The number of nitrogens with zero attached hydrogens (tertiary/aromatic N) is 3. The summed E-state index contributed by atoms with van der Waals surface area (Å²) in [7, 11) is -2.36. The molecule has 32 heavy (non-hydrogen) atoms. The molecule has 0 bridgehead atoms. The lowest BCUT2D eigenvalue weighted by atomic mass is 10.3. The second kappa shape index (κ2) is 8.64. The summed E-state index contributed by atoms with van der Waals surface area (Å²) in [5, 5.41) is 6.82. The van der Waals surface area contributed by atoms with Gasteiger partial charge in [0.2, 0.25) is 0 Å². The largest absolute Gasteiger partial charge is 0.321 e. The van der Waals surface area contributed by atoms with Gasteiger partial charge >= 0.3 is 0 Å². The summed E-state index contributed by atoms with van der Waals surface area (Å²) in [4.78, 5) is 12.7. The smallest absolute Gasteiger partial charge is 0.276 e. The Labute approximate surface area is 184 Å². The van der Waals surface area contributed by atoms with E-state index in [0.29, 0.717) is 17.1 Å². The fourth-order valence-electron chi connectivity index (χ4n) is 3.07. The van der Waals surface area contributed by atoms with Crippen LogP contribution in [0.1, 0.15) is 10.5 Å². The van der Waals surface area contributed by atoms with Gasteiger partial charge in [-0.2, -0.15) is 5.10 Å². The van der Waals surface area contributed by atoms with Crippen LogP contribution < -0.4 is 9.62 Å². The molecule has 0 aliphatic heterocycles. The molecule has 0 aliphatic carbocycles. The standard InChI is InChI=1S/C23H19FN4O3S/c1-27(19-9-3-2-4-10-19)32(30,31)21-12-6-8-18(16-21)25-23(29)22-13-14-28(26-22)20-11-5-7-17(24)15-20/h2-16H,1H3,(H,25,29). The third kappa shape index (κ3) is 4.37. The second-order valence-electron chi connectivity index (χ2n) is 6.92. The summed E-state index contributed by atoms with van der Waals surface area (Å²) in [6.45, 7) is 0. The van der Waals surface area contributed by atoms with E-state index < -0.39 is 21.7 Å². The molecule has 4 aromatic rings. The minimum atomic E-state index is -3.82. The summed E-state index contributed by atoms with van der Waals surface area (Å²) in [6.07, 6.45) is 1.54. The van der Waals surface area contributed by atoms with Gasteiger partial charge in [0.1, 0.15) is 5.82 Å². The molecule has 9 heteroatoms. The molecule has 0 aliphatic rings. The zero-order chi connectivity index (χ0) is 22.7. The molecule has 1 amide bonds. The van der Waals surface area contributed by atoms with Crippen molar-refractivity contribution >= 4 is 27.3 Å². The first-order valence-corrected chi connectivity index (χ1v) is 11.1. The maximum absolute atomic E-state index is 13.4. The number of hydrogen-bond acceptors (Lipinski definition) is 4. The Morgan fingerprint density at radius 1 is 0.969 bits per heavy atom. The highest BCUT2D eigenvalue weighted by atomic mass is 32.2. The monoisotopic (exact) mass is 450 g/mol. The van der Waals surface area contributed by atoms with Crippen molar-refractivity contribution in [2.75, 3.05) is 16.7 Å². The SMILES string of the molecule is CN(c1ccccc1)S(=O)(=O)c1cccc(NC(=O)c2ccn(-c3cccc(F)c3)n2)c1. The van der Waals surface area contributed by atoms with Crippen molar-refractivity contribution in [3.05, 3.63) is 103 Å². The van der Waals surface area contributed by atoms with Crippen LogP contribution in [0.15, 0.2) is 96.0 Å². The number of aromatic nitrogens is 2. The minimum Gasteiger partial charge on any atom is -0.321 e. The number of benzene rings is 3. The molecule has 0 radical (unpaired) electrons. The molecule has 4 rings (SSSR count). The van der Waals surface area contributed by atoms with E-state index in [2.05, 4.69) is 10.4 Å². The van der Waals surface area contributed by atoms with Crippen LogP contribution in [0.4, 0.5) is 15.8 Å². The Balaban J connectivity index is 1.54. The van der Waals surface area contributed by atoms with Crippen molar-refractivity contribution in [3.8, 4) is 5.69 Å². The number of hydrogen-bond donors (Lipinski definition) is 1. The fourth-order valence-corrected chi connectivity index (χ4v) is 4.31. The molecule has 0 spiro atoms. The van der Waals surface area contributed by atoms with Crippen LogP contribution in [0.2, 0.25) is 0 Å². The van der Waals surface area contributed by atoms with Crippen LogP contribution in [0, 0.1) is 5.82 Å². The normalized spacial score (nSPS) is 11.2. The van der Waals surface area contributed by atoms with E-state index in [4.69, 9.17) is 0 Å². The molecule has 0 unspecified atom stereocenters. The molecule has 1 heterocycles. The zero-order valence-corrected chi connectivity index (χ0v) is 17.8. The molecule has 3 aromatic carbocycles. The van der Waals surface area contributed by atoms with E-state index in [9.17, 15) is 17.6 Å². The van der Waals surface area contributed by atoms with Crippen molar-refractivity contribution < 1.29 is 17.6 Å². The van der Waals surface area contributed by atoms with Gasteiger partial charge in [0.25, 0.3) is 15.9 Å². The molecule has 162 valence electrons. The molecule has 0 saturated carbocycles. The van der Waals surface area contributed by atoms with E-state index in [-0.39, 0.29) is 10.6 Å². The highest BCUT2D eigenvalue weighted by molar-refractivity contribution is 7.92. The van der Waals surface area contributed by atoms with Crippen LogP contribution in [0.5, 0.6) is 0 Å². The van der Waals surface area contributed by atoms with E-state index in [1.54, 1.807) is 60.8 Å². The number of halogens is 1. The van der Waals surface area contributed by atoms with E-state index >= 15 is 0 Å². The van der Waals surface area contributed by atoms with E-state index in [1.807, 2.05) is 0 Å². The molecule has 7 nitrogen and oxygen atoms in total. The number of nitrogens with one attached hydrogen (secondary N) is 1. The third-order valence-electron chi connectivity index (χ3n) is 4.76. The number of sulfonamides is 1. The number of amides is 1. The first-order valence-electron chi connectivity index (χ1n) is 9.61. The van der Waals surface area contributed by atoms with Crippen LogP contribution in [0.3, 0.4) is 0 Å². The van der Waals surface area contributed by atoms with Gasteiger partial charge in [0.15, 0.2) is 5.69 Å². The number of carbonyl (C=O) groups excluding carboxylic acids is 1. The summed E-state index contributed by atoms with van der Waals surface area (Å²) >= 11 is 0. The quantitative estimate of drug-likeness (QED) is 0.480. The van der Waals surface area contributed by atoms with Crippen molar-refractivity contribution in [1.29, 1.82) is 0 Å². The lowest BCUT2D eigenvalue weighted by Crippen LogP contribution is -2.26. The van der Waals surface area contributed by atoms with Gasteiger partial charge in [-0.05, 0) is 54.6 Å². The van der Waals surface area contributed by atoms with Gasteiger partial charge in [-0.3, -0.25) is 9.10 Å². The van der Waals surface area contributed by atoms with Crippen LogP contribution in [-0.2, 0) is 10.0 Å². The van der Waals surface area contributed by atoms with Gasteiger partial charge in [-0.15, -0.1) is 0 Å². The number of para-hydroxylation sites is 1. The molecular weight excluding hydrogens is 431 g/mol. The Bertz CT molecular complexity index is 1370. The van der Waals surface area contributed by atoms with Crippen molar-refractivity contribution in [3.63, 3.8) is 0 Å². The van der Waals surface area contributed by atoms with E-state index in [1.165, 1.54) is 46.4 Å². The Morgan fingerprint density at radius 2 is 1.72 bits per heavy atom. The average Bonchev–Trinajstić information content (AvgIpc) is 3.30. The van der Waals surface area contributed by atoms with Gasteiger partial charge in [-0.25, -0.2) is 17.5 Å². The van der Waals surface area contributed by atoms with Gasteiger partial charge in [0, 0.05) is 18.9 Å². The minimum absolute atomic E-state index is 0.0342. The average molecular weight is 450 g/mol. The number of carbonyl (C=O) groups is 1. The Kier molecular flexibility index (Phi) is 5.74. The van der Waals surface area contributed by atoms with Gasteiger partial charge in [-0.1, -0.05) is 30.3 Å². The maximum Gasteiger partial charge on any atom is 0.276 e. The fraction of sp³-hybridized carbons (Fsp3) is 0.0435. The highest BCUT2D eigenvalue weighted by Gasteiger charge is 2.22. The lowest BCUT2D eigenvalue weighted by molar-refractivity contribution is 0.102. The van der Waals surface area contributed by atoms with Crippen LogP contribution in [-0.4, -0.2) is 31.2 Å². The molecule has 0 saturated heterocycles. The maximum atomic E-state index is 13.4. The first-order chi connectivity index (χ1) is 15.3. The number of anilines is 2. The van der Waals surface area contributed by atoms with Crippen molar-refractivity contribution in [1.82, 2.24) is 9.78 Å². The highest BCUT2D eigenvalue weighted by Crippen LogP contribution is 2.24. The predicted octanol–water partition coefficient (Wildman–Crippen LogP) is 4.09. The third-order valence-corrected chi connectivity index (χ3v) is 6.55. The first kappa shape index (κ1) is 21.3. The topological polar surface area (TPSA) is 84.3 Å². The van der Waals surface area contributed by atoms with Crippen LogP contribution in [0.25, 0.3) is 5.69 Å². The van der Waals surface area contributed by atoms with Crippen molar-refractivity contribution in [2.24, 2.45) is 0 Å². The zero-order valence-electron chi connectivity index (χ0n) is 17.0. The molecule has 1 aromatic heterocycles. The van der Waals surface area contributed by atoms with Crippen molar-refractivity contribution in [2.45, 2.75) is 4.90 Å². The Hall–Kier alpha value is -3.98. The molecule has 1 N–H and O–H groups in total. The molecule has 0 atom stereocenters. The number of rotatable bonds is 6. The summed E-state index contributed by atoms with van der Waals surface area (Å²) in [5.41, 5.74) is 1.40.